The van der Waals surface area contributed by atoms with Crippen LogP contribution in [-0.2, 0) is 4.74 Å². The fourth-order valence-corrected chi connectivity index (χ4v) is 2.90. The Morgan fingerprint density at radius 1 is 1.37 bits per heavy atom. The molecule has 0 amide bonds. The molecule has 0 bridgehead atoms. The van der Waals surface area contributed by atoms with Crippen LogP contribution in [0.4, 0.5) is 0 Å². The summed E-state index contributed by atoms with van der Waals surface area (Å²) >= 11 is 3.62. The summed E-state index contributed by atoms with van der Waals surface area (Å²) in [4.78, 5) is 0. The molecule has 1 N–H and O–H groups in total. The van der Waals surface area contributed by atoms with Crippen molar-refractivity contribution >= 4 is 15.9 Å². The molecule has 110 valence electrons. The third-order valence-electron chi connectivity index (χ3n) is 3.23. The van der Waals surface area contributed by atoms with Crippen LogP contribution in [0.3, 0.4) is 0 Å². The molecule has 2 atom stereocenters. The van der Waals surface area contributed by atoms with E-state index in [2.05, 4.69) is 58.7 Å². The van der Waals surface area contributed by atoms with Crippen molar-refractivity contribution in [2.24, 2.45) is 5.92 Å². The molecular weight excluding hydrogens is 306 g/mol. The lowest BCUT2D eigenvalue weighted by atomic mass is 9.96. The fraction of sp³-hybridized carbons (Fsp3) is 0.786. The number of rotatable bonds is 7. The van der Waals surface area contributed by atoms with Crippen LogP contribution in [0, 0.1) is 5.92 Å². The van der Waals surface area contributed by atoms with Gasteiger partial charge in [0, 0.05) is 12.6 Å². The lowest BCUT2D eigenvalue weighted by molar-refractivity contribution is 0.00216. The summed E-state index contributed by atoms with van der Waals surface area (Å²) in [7, 11) is 1.98. The molecule has 0 spiro atoms. The van der Waals surface area contributed by atoms with Gasteiger partial charge in [-0.3, -0.25) is 4.68 Å². The van der Waals surface area contributed by atoms with E-state index in [4.69, 9.17) is 4.74 Å². The van der Waals surface area contributed by atoms with Crippen molar-refractivity contribution in [3.63, 3.8) is 0 Å². The maximum absolute atomic E-state index is 5.95. The van der Waals surface area contributed by atoms with Gasteiger partial charge in [-0.1, -0.05) is 13.8 Å². The van der Waals surface area contributed by atoms with Crippen LogP contribution in [-0.4, -0.2) is 29.5 Å². The molecule has 2 unspecified atom stereocenters. The third-order valence-corrected chi connectivity index (χ3v) is 3.84. The monoisotopic (exact) mass is 331 g/mol. The zero-order valence-electron chi connectivity index (χ0n) is 12.8. The van der Waals surface area contributed by atoms with Crippen molar-refractivity contribution in [2.75, 3.05) is 13.7 Å². The maximum atomic E-state index is 5.95. The van der Waals surface area contributed by atoms with Gasteiger partial charge in [0.05, 0.1) is 28.5 Å². The summed E-state index contributed by atoms with van der Waals surface area (Å²) in [6, 6.07) is 0.450. The molecule has 0 aliphatic rings. The molecule has 0 aromatic carbocycles. The van der Waals surface area contributed by atoms with Crippen molar-refractivity contribution in [1.82, 2.24) is 15.1 Å². The molecule has 0 fully saturated rings. The van der Waals surface area contributed by atoms with Crippen LogP contribution >= 0.6 is 15.9 Å². The summed E-state index contributed by atoms with van der Waals surface area (Å²) in [6.45, 7) is 11.4. The molecule has 1 aromatic rings. The van der Waals surface area contributed by atoms with Crippen LogP contribution in [0.2, 0.25) is 0 Å². The number of hydrogen-bond acceptors (Lipinski definition) is 3. The van der Waals surface area contributed by atoms with E-state index in [1.54, 1.807) is 0 Å². The minimum Gasteiger partial charge on any atom is -0.376 e. The molecule has 19 heavy (non-hydrogen) atoms. The molecule has 5 heteroatoms. The summed E-state index contributed by atoms with van der Waals surface area (Å²) in [5.74, 6) is 0.430. The van der Waals surface area contributed by atoms with Gasteiger partial charge in [-0.15, -0.1) is 0 Å². The second kappa shape index (κ2) is 7.41. The first-order valence-corrected chi connectivity index (χ1v) is 7.75. The highest BCUT2D eigenvalue weighted by molar-refractivity contribution is 9.10. The van der Waals surface area contributed by atoms with E-state index < -0.39 is 0 Å². The number of hydrogen-bond donors (Lipinski definition) is 1. The van der Waals surface area contributed by atoms with Gasteiger partial charge in [0.25, 0.3) is 0 Å². The van der Waals surface area contributed by atoms with E-state index in [9.17, 15) is 0 Å². The second-order valence-corrected chi connectivity index (χ2v) is 6.20. The summed E-state index contributed by atoms with van der Waals surface area (Å²) < 4.78 is 9.03. The van der Waals surface area contributed by atoms with Crippen LogP contribution in [0.5, 0.6) is 0 Å². The molecule has 0 saturated carbocycles. The topological polar surface area (TPSA) is 39.1 Å². The second-order valence-electron chi connectivity index (χ2n) is 5.35. The zero-order valence-corrected chi connectivity index (χ0v) is 14.4. The first kappa shape index (κ1) is 16.7. The van der Waals surface area contributed by atoms with Gasteiger partial charge in [0.1, 0.15) is 0 Å². The Balaban J connectivity index is 3.17. The number of nitrogens with zero attached hydrogens (tertiary/aromatic N) is 2. The molecule has 1 aromatic heterocycles. The molecule has 0 aliphatic heterocycles. The minimum atomic E-state index is 0.124. The lowest BCUT2D eigenvalue weighted by Gasteiger charge is -2.31. The van der Waals surface area contributed by atoms with Crippen LogP contribution in [0.1, 0.15) is 52.4 Å². The molecular formula is C14H26BrN3O. The van der Waals surface area contributed by atoms with E-state index in [-0.39, 0.29) is 12.1 Å². The first-order valence-electron chi connectivity index (χ1n) is 6.95. The Bertz CT molecular complexity index is 390. The molecule has 0 aliphatic carbocycles. The third kappa shape index (κ3) is 3.80. The lowest BCUT2D eigenvalue weighted by Crippen LogP contribution is -2.37. The number of halogens is 1. The van der Waals surface area contributed by atoms with Crippen molar-refractivity contribution in [3.05, 3.63) is 16.4 Å². The van der Waals surface area contributed by atoms with Crippen LogP contribution in [0.15, 0.2) is 10.7 Å². The van der Waals surface area contributed by atoms with Gasteiger partial charge >= 0.3 is 0 Å². The molecule has 1 rings (SSSR count). The Hall–Kier alpha value is -0.390. The largest absolute Gasteiger partial charge is 0.376 e. The highest BCUT2D eigenvalue weighted by Crippen LogP contribution is 2.31. The normalized spacial score (nSPS) is 15.2. The van der Waals surface area contributed by atoms with E-state index >= 15 is 0 Å². The SMILES string of the molecule is CCOC(C(C)C)C(NC)c1c(Br)cnn1C(C)C. The molecule has 1 heterocycles. The van der Waals surface area contributed by atoms with Gasteiger partial charge in [-0.25, -0.2) is 0 Å². The molecule has 0 radical (unpaired) electrons. The first-order chi connectivity index (χ1) is 8.93. The number of nitrogens with one attached hydrogen (secondary N) is 1. The van der Waals surface area contributed by atoms with Gasteiger partial charge in [-0.05, 0) is 49.7 Å². The maximum Gasteiger partial charge on any atom is 0.0807 e. The zero-order chi connectivity index (χ0) is 14.6. The van der Waals surface area contributed by atoms with Crippen LogP contribution in [0.25, 0.3) is 0 Å². The van der Waals surface area contributed by atoms with E-state index in [0.717, 1.165) is 10.2 Å². The van der Waals surface area contributed by atoms with Crippen molar-refractivity contribution in [3.8, 4) is 0 Å². The van der Waals surface area contributed by atoms with E-state index in [1.807, 2.05) is 20.2 Å². The summed E-state index contributed by atoms with van der Waals surface area (Å²) in [5.41, 5.74) is 1.16. The Kier molecular flexibility index (Phi) is 6.50. The van der Waals surface area contributed by atoms with Gasteiger partial charge in [0.2, 0.25) is 0 Å². The predicted molar refractivity (Wildman–Crippen MR) is 82.4 cm³/mol. The average Bonchev–Trinajstić information content (AvgIpc) is 2.71. The minimum absolute atomic E-state index is 0.124. The van der Waals surface area contributed by atoms with E-state index in [1.165, 1.54) is 0 Å². The highest BCUT2D eigenvalue weighted by Gasteiger charge is 2.30. The quantitative estimate of drug-likeness (QED) is 0.830. The van der Waals surface area contributed by atoms with Crippen molar-refractivity contribution in [1.29, 1.82) is 0 Å². The summed E-state index contributed by atoms with van der Waals surface area (Å²) in [5, 5.41) is 7.85. The van der Waals surface area contributed by atoms with Gasteiger partial charge in [0.15, 0.2) is 0 Å². The highest BCUT2D eigenvalue weighted by atomic mass is 79.9. The van der Waals surface area contributed by atoms with Gasteiger partial charge in [-0.2, -0.15) is 5.10 Å². The van der Waals surface area contributed by atoms with Crippen LogP contribution < -0.4 is 5.32 Å². The van der Waals surface area contributed by atoms with E-state index in [0.29, 0.717) is 18.6 Å². The number of likely N-dealkylation sites (N-methyl/N-ethyl adjacent to an activating group) is 1. The van der Waals surface area contributed by atoms with Crippen molar-refractivity contribution < 1.29 is 4.74 Å². The smallest absolute Gasteiger partial charge is 0.0807 e. The Morgan fingerprint density at radius 3 is 2.42 bits per heavy atom. The summed E-state index contributed by atoms with van der Waals surface area (Å²) in [6.07, 6.45) is 1.99. The number of ether oxygens (including phenoxy) is 1. The Morgan fingerprint density at radius 2 is 2.00 bits per heavy atom. The van der Waals surface area contributed by atoms with Gasteiger partial charge < -0.3 is 10.1 Å². The fourth-order valence-electron chi connectivity index (χ4n) is 2.38. The standard InChI is InChI=1S/C14H26BrN3O/c1-7-19-14(9(2)3)12(16-6)13-11(15)8-17-18(13)10(4)5/h8-10,12,14,16H,7H2,1-6H3. The predicted octanol–water partition coefficient (Wildman–Crippen LogP) is 3.55. The van der Waals surface area contributed by atoms with Crippen molar-refractivity contribution in [2.45, 2.75) is 52.8 Å². The molecule has 0 saturated heterocycles. The molecule has 4 nitrogen and oxygen atoms in total. The number of aromatic nitrogens is 2. The Labute approximate surface area is 125 Å². The average molecular weight is 332 g/mol.